The lowest BCUT2D eigenvalue weighted by atomic mass is 10.2. The molecule has 136 valence electrons. The molecular formula is C20H21BrN2O3. The summed E-state index contributed by atoms with van der Waals surface area (Å²) in [6.07, 6.45) is 0.970. The van der Waals surface area contributed by atoms with E-state index < -0.39 is 12.1 Å². The van der Waals surface area contributed by atoms with Gasteiger partial charge in [-0.05, 0) is 59.0 Å². The average molecular weight is 417 g/mol. The Morgan fingerprint density at radius 1 is 1.23 bits per heavy atom. The van der Waals surface area contributed by atoms with Crippen molar-refractivity contribution in [3.8, 4) is 0 Å². The van der Waals surface area contributed by atoms with Crippen LogP contribution in [-0.2, 0) is 16.1 Å². The average Bonchev–Trinajstić information content (AvgIpc) is 3.13. The molecule has 0 radical (unpaired) electrons. The highest BCUT2D eigenvalue weighted by Gasteiger charge is 2.35. The van der Waals surface area contributed by atoms with E-state index in [0.29, 0.717) is 18.7 Å². The predicted octanol–water partition coefficient (Wildman–Crippen LogP) is 4.50. The van der Waals surface area contributed by atoms with Crippen LogP contribution in [0.3, 0.4) is 0 Å². The number of hydrogen-bond donors (Lipinski definition) is 1. The van der Waals surface area contributed by atoms with Crippen molar-refractivity contribution in [1.29, 1.82) is 0 Å². The summed E-state index contributed by atoms with van der Waals surface area (Å²) in [5.41, 5.74) is 2.72. The quantitative estimate of drug-likeness (QED) is 0.797. The predicted molar refractivity (Wildman–Crippen MR) is 104 cm³/mol. The summed E-state index contributed by atoms with van der Waals surface area (Å²) < 4.78 is 6.20. The van der Waals surface area contributed by atoms with E-state index in [0.717, 1.165) is 22.0 Å². The summed E-state index contributed by atoms with van der Waals surface area (Å²) in [7, 11) is 0. The lowest BCUT2D eigenvalue weighted by Crippen LogP contribution is -2.43. The number of anilines is 1. The lowest BCUT2D eigenvalue weighted by molar-refractivity contribution is -0.120. The molecule has 0 bridgehead atoms. The first kappa shape index (κ1) is 18.5. The maximum Gasteiger partial charge on any atom is 0.410 e. The zero-order valence-corrected chi connectivity index (χ0v) is 16.2. The number of carbonyl (C=O) groups excluding carboxylic acids is 2. The van der Waals surface area contributed by atoms with Gasteiger partial charge in [0.1, 0.15) is 12.6 Å². The summed E-state index contributed by atoms with van der Waals surface area (Å²) in [4.78, 5) is 26.6. The number of amides is 2. The number of benzene rings is 2. The first-order valence-corrected chi connectivity index (χ1v) is 9.38. The molecule has 1 saturated heterocycles. The molecule has 1 N–H and O–H groups in total. The number of ether oxygens (including phenoxy) is 1. The van der Waals surface area contributed by atoms with Gasteiger partial charge in [0.25, 0.3) is 0 Å². The van der Waals surface area contributed by atoms with Crippen molar-refractivity contribution in [1.82, 2.24) is 4.90 Å². The molecule has 5 nitrogen and oxygen atoms in total. The number of halogens is 1. The first-order chi connectivity index (χ1) is 12.5. The Labute approximate surface area is 161 Å². The number of carbonyl (C=O) groups is 2. The van der Waals surface area contributed by atoms with Crippen molar-refractivity contribution in [3.63, 3.8) is 0 Å². The summed E-state index contributed by atoms with van der Waals surface area (Å²) >= 11 is 3.46. The molecule has 0 spiro atoms. The molecule has 2 aromatic carbocycles. The first-order valence-electron chi connectivity index (χ1n) is 8.59. The van der Waals surface area contributed by atoms with E-state index in [9.17, 15) is 9.59 Å². The van der Waals surface area contributed by atoms with E-state index in [2.05, 4.69) is 21.2 Å². The van der Waals surface area contributed by atoms with E-state index in [1.807, 2.05) is 55.5 Å². The molecular weight excluding hydrogens is 396 g/mol. The molecule has 1 heterocycles. The van der Waals surface area contributed by atoms with Crippen LogP contribution >= 0.6 is 15.9 Å². The van der Waals surface area contributed by atoms with E-state index in [1.54, 1.807) is 0 Å². The van der Waals surface area contributed by atoms with Crippen molar-refractivity contribution < 1.29 is 14.3 Å². The SMILES string of the molecule is Cc1ccc(NC(=O)C2CCCN2C(=O)OCc2ccccc2)c(Br)c1. The Morgan fingerprint density at radius 2 is 2.00 bits per heavy atom. The van der Waals surface area contributed by atoms with E-state index in [-0.39, 0.29) is 12.5 Å². The second-order valence-corrected chi connectivity index (χ2v) is 7.22. The molecule has 1 atom stereocenters. The molecule has 3 rings (SSSR count). The highest BCUT2D eigenvalue weighted by molar-refractivity contribution is 9.10. The number of nitrogens with one attached hydrogen (secondary N) is 1. The van der Waals surface area contributed by atoms with Crippen LogP contribution in [0.25, 0.3) is 0 Å². The van der Waals surface area contributed by atoms with Crippen molar-refractivity contribution >= 4 is 33.6 Å². The molecule has 0 saturated carbocycles. The monoisotopic (exact) mass is 416 g/mol. The minimum absolute atomic E-state index is 0.191. The van der Waals surface area contributed by atoms with Crippen LogP contribution in [0.15, 0.2) is 53.0 Å². The Bertz CT molecular complexity index is 795. The largest absolute Gasteiger partial charge is 0.445 e. The molecule has 6 heteroatoms. The molecule has 2 aromatic rings. The van der Waals surface area contributed by atoms with Gasteiger partial charge in [0.05, 0.1) is 5.69 Å². The second kappa shape index (κ2) is 8.36. The van der Waals surface area contributed by atoms with E-state index >= 15 is 0 Å². The number of hydrogen-bond acceptors (Lipinski definition) is 3. The van der Waals surface area contributed by atoms with Crippen LogP contribution < -0.4 is 5.32 Å². The second-order valence-electron chi connectivity index (χ2n) is 6.36. The van der Waals surface area contributed by atoms with Crippen LogP contribution in [-0.4, -0.2) is 29.5 Å². The third kappa shape index (κ3) is 4.43. The maximum absolute atomic E-state index is 12.7. The molecule has 2 amide bonds. The normalized spacial score (nSPS) is 16.4. The maximum atomic E-state index is 12.7. The fourth-order valence-electron chi connectivity index (χ4n) is 3.00. The van der Waals surface area contributed by atoms with Gasteiger partial charge < -0.3 is 10.1 Å². The van der Waals surface area contributed by atoms with Crippen molar-refractivity contribution in [3.05, 3.63) is 64.1 Å². The van der Waals surface area contributed by atoms with Crippen molar-refractivity contribution in [2.45, 2.75) is 32.4 Å². The van der Waals surface area contributed by atoms with Crippen molar-refractivity contribution in [2.24, 2.45) is 0 Å². The van der Waals surface area contributed by atoms with Crippen LogP contribution in [0.2, 0.25) is 0 Å². The van der Waals surface area contributed by atoms with Gasteiger partial charge in [-0.15, -0.1) is 0 Å². The van der Waals surface area contributed by atoms with Gasteiger partial charge in [-0.2, -0.15) is 0 Å². The molecule has 0 aliphatic carbocycles. The van der Waals surface area contributed by atoms with Gasteiger partial charge in [0, 0.05) is 11.0 Å². The smallest absolute Gasteiger partial charge is 0.410 e. The Hall–Kier alpha value is -2.34. The number of nitrogens with zero attached hydrogens (tertiary/aromatic N) is 1. The van der Waals surface area contributed by atoms with Gasteiger partial charge in [-0.3, -0.25) is 9.69 Å². The fraction of sp³-hybridized carbons (Fsp3) is 0.300. The third-order valence-corrected chi connectivity index (χ3v) is 5.03. The highest BCUT2D eigenvalue weighted by Crippen LogP contribution is 2.26. The lowest BCUT2D eigenvalue weighted by Gasteiger charge is -2.23. The topological polar surface area (TPSA) is 58.6 Å². The summed E-state index contributed by atoms with van der Waals surface area (Å²) in [6, 6.07) is 14.7. The zero-order chi connectivity index (χ0) is 18.5. The molecule has 0 aromatic heterocycles. The Morgan fingerprint density at radius 3 is 2.73 bits per heavy atom. The van der Waals surface area contributed by atoms with Crippen LogP contribution in [0.1, 0.15) is 24.0 Å². The fourth-order valence-corrected chi connectivity index (χ4v) is 3.59. The number of aryl methyl sites for hydroxylation is 1. The van der Waals surface area contributed by atoms with Gasteiger partial charge >= 0.3 is 6.09 Å². The molecule has 1 aliphatic heterocycles. The number of rotatable bonds is 4. The van der Waals surface area contributed by atoms with E-state index in [1.165, 1.54) is 4.90 Å². The molecule has 1 fully saturated rings. The highest BCUT2D eigenvalue weighted by atomic mass is 79.9. The summed E-state index contributed by atoms with van der Waals surface area (Å²) in [5, 5.41) is 2.90. The van der Waals surface area contributed by atoms with E-state index in [4.69, 9.17) is 4.74 Å². The van der Waals surface area contributed by atoms with Gasteiger partial charge in [-0.1, -0.05) is 36.4 Å². The minimum atomic E-state index is -0.508. The molecule has 26 heavy (non-hydrogen) atoms. The van der Waals surface area contributed by atoms with Crippen LogP contribution in [0, 0.1) is 6.92 Å². The minimum Gasteiger partial charge on any atom is -0.445 e. The standard InChI is InChI=1S/C20H21BrN2O3/c1-14-9-10-17(16(21)12-14)22-19(24)18-8-5-11-23(18)20(25)26-13-15-6-3-2-4-7-15/h2-4,6-7,9-10,12,18H,5,8,11,13H2,1H3,(H,22,24). The molecule has 1 aliphatic rings. The Kier molecular flexibility index (Phi) is 5.93. The van der Waals surface area contributed by atoms with Gasteiger partial charge in [-0.25, -0.2) is 4.79 Å². The Balaban J connectivity index is 1.61. The zero-order valence-electron chi connectivity index (χ0n) is 14.6. The van der Waals surface area contributed by atoms with Crippen LogP contribution in [0.5, 0.6) is 0 Å². The van der Waals surface area contributed by atoms with Crippen LogP contribution in [0.4, 0.5) is 10.5 Å². The van der Waals surface area contributed by atoms with Crippen molar-refractivity contribution in [2.75, 3.05) is 11.9 Å². The third-order valence-electron chi connectivity index (χ3n) is 4.38. The van der Waals surface area contributed by atoms with Gasteiger partial charge in [0.2, 0.25) is 5.91 Å². The number of likely N-dealkylation sites (tertiary alicyclic amines) is 1. The summed E-state index contributed by atoms with van der Waals surface area (Å²) in [5.74, 6) is -0.191. The molecule has 1 unspecified atom stereocenters. The van der Waals surface area contributed by atoms with Gasteiger partial charge in [0.15, 0.2) is 0 Å². The summed E-state index contributed by atoms with van der Waals surface area (Å²) in [6.45, 7) is 2.71.